The maximum Gasteiger partial charge on any atom is 0.253 e. The maximum atomic E-state index is 13.5. The Bertz CT molecular complexity index is 1330. The Morgan fingerprint density at radius 2 is 1.85 bits per heavy atom. The SMILES string of the molecule is Cc1ccc2cc(C(c3nnnn3CCc3ccccc3)N3CCC(C)CC3)c(=O)[nH]c2c1C. The monoisotopic (exact) mass is 456 g/mol. The van der Waals surface area contributed by atoms with Gasteiger partial charge < -0.3 is 4.98 Å². The summed E-state index contributed by atoms with van der Waals surface area (Å²) in [6.07, 6.45) is 3.03. The van der Waals surface area contributed by atoms with Gasteiger partial charge in [0.25, 0.3) is 5.56 Å². The van der Waals surface area contributed by atoms with Crippen LogP contribution in [0.25, 0.3) is 10.9 Å². The van der Waals surface area contributed by atoms with Crippen LogP contribution in [0.15, 0.2) is 53.3 Å². The van der Waals surface area contributed by atoms with E-state index in [1.54, 1.807) is 0 Å². The van der Waals surface area contributed by atoms with Crippen molar-refractivity contribution in [2.45, 2.75) is 52.6 Å². The largest absolute Gasteiger partial charge is 0.321 e. The summed E-state index contributed by atoms with van der Waals surface area (Å²) in [7, 11) is 0. The van der Waals surface area contributed by atoms with Crippen LogP contribution in [0.2, 0.25) is 0 Å². The minimum atomic E-state index is -0.284. The van der Waals surface area contributed by atoms with Gasteiger partial charge in [-0.1, -0.05) is 49.4 Å². The molecule has 1 unspecified atom stereocenters. The third-order valence-corrected chi connectivity index (χ3v) is 7.32. The van der Waals surface area contributed by atoms with Crippen molar-refractivity contribution < 1.29 is 0 Å². The molecular weight excluding hydrogens is 424 g/mol. The first-order valence-electron chi connectivity index (χ1n) is 12.2. The number of fused-ring (bicyclic) bond motifs is 1. The number of aromatic amines is 1. The standard InChI is InChI=1S/C27H32N6O/c1-18-11-14-32(15-12-18)25(23-17-22-10-9-19(2)20(3)24(22)28-27(23)34)26-29-30-31-33(26)16-13-21-7-5-4-6-8-21/h4-10,17-18,25H,11-16H2,1-3H3,(H,28,34). The van der Waals surface area contributed by atoms with Gasteiger partial charge in [-0.2, -0.15) is 0 Å². The zero-order valence-electron chi connectivity index (χ0n) is 20.2. The molecule has 34 heavy (non-hydrogen) atoms. The lowest BCUT2D eigenvalue weighted by Crippen LogP contribution is -2.40. The first-order chi connectivity index (χ1) is 16.5. The van der Waals surface area contributed by atoms with E-state index in [9.17, 15) is 4.79 Å². The number of nitrogens with one attached hydrogen (secondary N) is 1. The van der Waals surface area contributed by atoms with Gasteiger partial charge in [0.15, 0.2) is 5.82 Å². The highest BCUT2D eigenvalue weighted by molar-refractivity contribution is 5.83. The van der Waals surface area contributed by atoms with Crippen molar-refractivity contribution in [2.24, 2.45) is 5.92 Å². The molecule has 3 heterocycles. The van der Waals surface area contributed by atoms with E-state index in [0.29, 0.717) is 18.0 Å². The lowest BCUT2D eigenvalue weighted by atomic mass is 9.95. The topological polar surface area (TPSA) is 79.7 Å². The number of hydrogen-bond acceptors (Lipinski definition) is 5. The number of H-pyrrole nitrogens is 1. The van der Waals surface area contributed by atoms with Gasteiger partial charge in [-0.25, -0.2) is 4.68 Å². The summed E-state index contributed by atoms with van der Waals surface area (Å²) in [5.41, 5.74) is 5.06. The lowest BCUT2D eigenvalue weighted by Gasteiger charge is -2.36. The Morgan fingerprint density at radius 1 is 1.09 bits per heavy atom. The smallest absolute Gasteiger partial charge is 0.253 e. The summed E-state index contributed by atoms with van der Waals surface area (Å²) >= 11 is 0. The summed E-state index contributed by atoms with van der Waals surface area (Å²) in [5.74, 6) is 1.42. The van der Waals surface area contributed by atoms with Crippen LogP contribution in [0.1, 0.15) is 53.9 Å². The molecule has 1 N–H and O–H groups in total. The Kier molecular flexibility index (Phi) is 6.28. The normalized spacial score (nSPS) is 16.2. The van der Waals surface area contributed by atoms with Gasteiger partial charge in [0, 0.05) is 12.1 Å². The summed E-state index contributed by atoms with van der Waals surface area (Å²) in [4.78, 5) is 19.0. The van der Waals surface area contributed by atoms with Crippen LogP contribution in [-0.2, 0) is 13.0 Å². The van der Waals surface area contributed by atoms with Crippen molar-refractivity contribution in [2.75, 3.05) is 13.1 Å². The van der Waals surface area contributed by atoms with Gasteiger partial charge in [-0.05, 0) is 90.7 Å². The minimum absolute atomic E-state index is 0.0672. The third-order valence-electron chi connectivity index (χ3n) is 7.32. The van der Waals surface area contributed by atoms with E-state index < -0.39 is 0 Å². The van der Waals surface area contributed by atoms with E-state index in [4.69, 9.17) is 0 Å². The highest BCUT2D eigenvalue weighted by Gasteiger charge is 2.32. The van der Waals surface area contributed by atoms with Crippen LogP contribution in [0.5, 0.6) is 0 Å². The highest BCUT2D eigenvalue weighted by atomic mass is 16.1. The molecule has 1 atom stereocenters. The first kappa shape index (κ1) is 22.5. The molecule has 0 spiro atoms. The lowest BCUT2D eigenvalue weighted by molar-refractivity contribution is 0.149. The average Bonchev–Trinajstić information content (AvgIpc) is 3.31. The van der Waals surface area contributed by atoms with Crippen LogP contribution in [0.4, 0.5) is 0 Å². The van der Waals surface area contributed by atoms with Gasteiger partial charge >= 0.3 is 0 Å². The number of aromatic nitrogens is 5. The second kappa shape index (κ2) is 9.50. The van der Waals surface area contributed by atoms with Gasteiger partial charge in [-0.15, -0.1) is 5.10 Å². The molecule has 0 amide bonds. The molecular formula is C27H32N6O. The second-order valence-electron chi connectivity index (χ2n) is 9.64. The number of hydrogen-bond donors (Lipinski definition) is 1. The molecule has 2 aromatic carbocycles. The zero-order chi connectivity index (χ0) is 23.7. The highest BCUT2D eigenvalue weighted by Crippen LogP contribution is 2.31. The number of likely N-dealkylation sites (tertiary alicyclic amines) is 1. The minimum Gasteiger partial charge on any atom is -0.321 e. The molecule has 7 heteroatoms. The molecule has 0 bridgehead atoms. The quantitative estimate of drug-likeness (QED) is 0.470. The Balaban J connectivity index is 1.57. The molecule has 2 aromatic heterocycles. The first-order valence-corrected chi connectivity index (χ1v) is 12.2. The van der Waals surface area contributed by atoms with Crippen molar-refractivity contribution in [1.82, 2.24) is 30.1 Å². The van der Waals surface area contributed by atoms with Crippen LogP contribution >= 0.6 is 0 Å². The molecule has 4 aromatic rings. The van der Waals surface area contributed by atoms with E-state index in [1.165, 1.54) is 11.1 Å². The molecule has 5 rings (SSSR count). The van der Waals surface area contributed by atoms with E-state index in [-0.39, 0.29) is 11.6 Å². The van der Waals surface area contributed by atoms with Crippen molar-refractivity contribution in [1.29, 1.82) is 0 Å². The predicted octanol–water partition coefficient (Wildman–Crippen LogP) is 4.20. The van der Waals surface area contributed by atoms with Gasteiger partial charge in [0.2, 0.25) is 0 Å². The number of benzene rings is 2. The van der Waals surface area contributed by atoms with Crippen LogP contribution in [0, 0.1) is 19.8 Å². The fourth-order valence-corrected chi connectivity index (χ4v) is 4.98. The molecule has 0 aliphatic carbocycles. The fourth-order valence-electron chi connectivity index (χ4n) is 4.98. The van der Waals surface area contributed by atoms with Crippen molar-refractivity contribution >= 4 is 10.9 Å². The van der Waals surface area contributed by atoms with Crippen LogP contribution in [0.3, 0.4) is 0 Å². The molecule has 1 aliphatic heterocycles. The summed E-state index contributed by atoms with van der Waals surface area (Å²) in [6.45, 7) is 8.92. The van der Waals surface area contributed by atoms with Crippen molar-refractivity contribution in [3.8, 4) is 0 Å². The molecule has 0 radical (unpaired) electrons. The van der Waals surface area contributed by atoms with Gasteiger partial charge in [-0.3, -0.25) is 9.69 Å². The Labute approximate surface area is 199 Å². The zero-order valence-corrected chi connectivity index (χ0v) is 20.2. The summed E-state index contributed by atoms with van der Waals surface area (Å²) in [6, 6.07) is 16.3. The predicted molar refractivity (Wildman–Crippen MR) is 134 cm³/mol. The number of tetrazole rings is 1. The van der Waals surface area contributed by atoms with Gasteiger partial charge in [0.05, 0.1) is 5.52 Å². The van der Waals surface area contributed by atoms with E-state index in [0.717, 1.165) is 54.6 Å². The van der Waals surface area contributed by atoms with Gasteiger partial charge in [0.1, 0.15) is 6.04 Å². The third kappa shape index (κ3) is 4.40. The second-order valence-corrected chi connectivity index (χ2v) is 9.64. The molecule has 1 saturated heterocycles. The number of nitrogens with zero attached hydrogens (tertiary/aromatic N) is 5. The van der Waals surface area contributed by atoms with Crippen LogP contribution < -0.4 is 5.56 Å². The fraction of sp³-hybridized carbons (Fsp3) is 0.407. The van der Waals surface area contributed by atoms with Crippen LogP contribution in [-0.4, -0.2) is 43.2 Å². The Morgan fingerprint density at radius 3 is 2.62 bits per heavy atom. The van der Waals surface area contributed by atoms with E-state index >= 15 is 0 Å². The molecule has 0 saturated carbocycles. The molecule has 176 valence electrons. The summed E-state index contributed by atoms with van der Waals surface area (Å²) < 4.78 is 1.87. The number of piperidine rings is 1. The number of aryl methyl sites for hydroxylation is 4. The molecule has 1 aliphatic rings. The average molecular weight is 457 g/mol. The van der Waals surface area contributed by atoms with E-state index in [2.05, 4.69) is 70.4 Å². The van der Waals surface area contributed by atoms with Crippen molar-refractivity contribution in [3.05, 3.63) is 87.0 Å². The summed E-state index contributed by atoms with van der Waals surface area (Å²) in [5, 5.41) is 13.9. The number of rotatable bonds is 6. The molecule has 1 fully saturated rings. The number of pyridine rings is 1. The molecule has 7 nitrogen and oxygen atoms in total. The maximum absolute atomic E-state index is 13.5. The Hall–Kier alpha value is -3.32. The van der Waals surface area contributed by atoms with E-state index in [1.807, 2.05) is 28.9 Å². The van der Waals surface area contributed by atoms with Crippen molar-refractivity contribution in [3.63, 3.8) is 0 Å².